The number of carbonyl (C=O) groups is 1. The van der Waals surface area contributed by atoms with Crippen LogP contribution in [0.5, 0.6) is 0 Å². The van der Waals surface area contributed by atoms with Crippen LogP contribution in [0, 0.1) is 6.92 Å². The highest BCUT2D eigenvalue weighted by atomic mass is 16.5. The largest absolute Gasteiger partial charge is 0.467 e. The van der Waals surface area contributed by atoms with Crippen molar-refractivity contribution in [3.63, 3.8) is 0 Å². The third-order valence-corrected chi connectivity index (χ3v) is 2.82. The van der Waals surface area contributed by atoms with Gasteiger partial charge < -0.3 is 24.7 Å². The van der Waals surface area contributed by atoms with Crippen molar-refractivity contribution in [1.82, 2.24) is 10.5 Å². The van der Waals surface area contributed by atoms with Gasteiger partial charge in [-0.05, 0) is 19.1 Å². The number of aliphatic hydroxyl groups is 1. The molecule has 0 spiro atoms. The molecule has 0 aromatic carbocycles. The molecular formula is C13H17N3O4. The van der Waals surface area contributed by atoms with Gasteiger partial charge in [-0.1, -0.05) is 12.1 Å². The second kappa shape index (κ2) is 6.25. The molecule has 0 saturated heterocycles. The van der Waals surface area contributed by atoms with Crippen LogP contribution in [0.1, 0.15) is 30.2 Å². The van der Waals surface area contributed by atoms with Crippen molar-refractivity contribution in [2.24, 2.45) is 0 Å². The average Bonchev–Trinajstić information content (AvgIpc) is 3.07. The molecule has 20 heavy (non-hydrogen) atoms. The van der Waals surface area contributed by atoms with Gasteiger partial charge in [-0.2, -0.15) is 0 Å². The predicted molar refractivity (Wildman–Crippen MR) is 71.3 cm³/mol. The van der Waals surface area contributed by atoms with E-state index in [0.29, 0.717) is 29.3 Å². The number of hydrogen-bond acceptors (Lipinski definition) is 5. The Balaban J connectivity index is 1.88. The van der Waals surface area contributed by atoms with Gasteiger partial charge in [0.25, 0.3) is 0 Å². The SMILES string of the molecule is CCc1onc(C)c1NC(=O)NCC(O)c1ccco1. The van der Waals surface area contributed by atoms with Gasteiger partial charge >= 0.3 is 6.03 Å². The molecule has 2 aromatic rings. The van der Waals surface area contributed by atoms with Gasteiger partial charge in [0, 0.05) is 6.42 Å². The van der Waals surface area contributed by atoms with Gasteiger partial charge in [0.15, 0.2) is 5.76 Å². The molecule has 0 aliphatic carbocycles. The number of aliphatic hydroxyl groups excluding tert-OH is 1. The van der Waals surface area contributed by atoms with Crippen LogP contribution in [0.25, 0.3) is 0 Å². The Morgan fingerprint density at radius 1 is 1.55 bits per heavy atom. The molecule has 0 aliphatic rings. The van der Waals surface area contributed by atoms with Crippen LogP contribution >= 0.6 is 0 Å². The second-order valence-electron chi connectivity index (χ2n) is 4.29. The molecule has 7 nitrogen and oxygen atoms in total. The zero-order valence-corrected chi connectivity index (χ0v) is 11.3. The van der Waals surface area contributed by atoms with E-state index in [1.54, 1.807) is 19.1 Å². The minimum absolute atomic E-state index is 0.0468. The summed E-state index contributed by atoms with van der Waals surface area (Å²) < 4.78 is 10.1. The summed E-state index contributed by atoms with van der Waals surface area (Å²) in [5, 5.41) is 18.8. The lowest BCUT2D eigenvalue weighted by molar-refractivity contribution is 0.149. The summed E-state index contributed by atoms with van der Waals surface area (Å²) in [6.07, 6.45) is 1.21. The van der Waals surface area contributed by atoms with Crippen molar-refractivity contribution >= 4 is 11.7 Å². The van der Waals surface area contributed by atoms with Crippen LogP contribution in [0.3, 0.4) is 0 Å². The van der Waals surface area contributed by atoms with Gasteiger partial charge in [0.1, 0.15) is 23.2 Å². The normalized spacial score (nSPS) is 12.2. The second-order valence-corrected chi connectivity index (χ2v) is 4.29. The van der Waals surface area contributed by atoms with E-state index in [0.717, 1.165) is 0 Å². The Bertz CT molecular complexity index is 562. The summed E-state index contributed by atoms with van der Waals surface area (Å²) in [7, 11) is 0. The summed E-state index contributed by atoms with van der Waals surface area (Å²) in [5.74, 6) is 1.02. The zero-order chi connectivity index (χ0) is 14.5. The highest BCUT2D eigenvalue weighted by Gasteiger charge is 2.16. The summed E-state index contributed by atoms with van der Waals surface area (Å²) in [6, 6.07) is 2.88. The predicted octanol–water partition coefficient (Wildman–Crippen LogP) is 1.99. The number of nitrogens with one attached hydrogen (secondary N) is 2. The molecule has 2 heterocycles. The Hall–Kier alpha value is -2.28. The third-order valence-electron chi connectivity index (χ3n) is 2.82. The van der Waals surface area contributed by atoms with E-state index in [2.05, 4.69) is 15.8 Å². The fourth-order valence-electron chi connectivity index (χ4n) is 1.75. The van der Waals surface area contributed by atoms with Gasteiger partial charge in [-0.25, -0.2) is 4.79 Å². The Kier molecular flexibility index (Phi) is 4.41. The monoisotopic (exact) mass is 279 g/mol. The lowest BCUT2D eigenvalue weighted by Crippen LogP contribution is -2.32. The number of urea groups is 1. The molecule has 0 fully saturated rings. The molecule has 2 amide bonds. The topological polar surface area (TPSA) is 101 Å². The van der Waals surface area contributed by atoms with Crippen molar-refractivity contribution in [3.8, 4) is 0 Å². The molecule has 0 aliphatic heterocycles. The average molecular weight is 279 g/mol. The van der Waals surface area contributed by atoms with Crippen LogP contribution in [0.2, 0.25) is 0 Å². The first-order valence-corrected chi connectivity index (χ1v) is 6.33. The minimum Gasteiger partial charge on any atom is -0.467 e. The maximum Gasteiger partial charge on any atom is 0.319 e. The van der Waals surface area contributed by atoms with E-state index < -0.39 is 12.1 Å². The lowest BCUT2D eigenvalue weighted by atomic mass is 10.2. The number of carbonyl (C=O) groups excluding carboxylic acids is 1. The van der Waals surface area contributed by atoms with Crippen molar-refractivity contribution in [1.29, 1.82) is 0 Å². The number of hydrogen-bond donors (Lipinski definition) is 3. The van der Waals surface area contributed by atoms with Crippen LogP contribution in [-0.2, 0) is 6.42 Å². The van der Waals surface area contributed by atoms with E-state index >= 15 is 0 Å². The van der Waals surface area contributed by atoms with E-state index in [4.69, 9.17) is 8.94 Å². The first-order valence-electron chi connectivity index (χ1n) is 6.33. The van der Waals surface area contributed by atoms with E-state index in [1.165, 1.54) is 6.26 Å². The molecule has 3 N–H and O–H groups in total. The van der Waals surface area contributed by atoms with Crippen molar-refractivity contribution in [3.05, 3.63) is 35.6 Å². The number of nitrogens with zero attached hydrogens (tertiary/aromatic N) is 1. The fourth-order valence-corrected chi connectivity index (χ4v) is 1.75. The molecule has 0 bridgehead atoms. The Labute approximate surface area is 115 Å². The van der Waals surface area contributed by atoms with Gasteiger partial charge in [-0.15, -0.1) is 0 Å². The highest BCUT2D eigenvalue weighted by Crippen LogP contribution is 2.20. The van der Waals surface area contributed by atoms with Crippen LogP contribution in [-0.4, -0.2) is 22.8 Å². The highest BCUT2D eigenvalue weighted by molar-refractivity contribution is 5.90. The maximum atomic E-state index is 11.8. The number of aryl methyl sites for hydroxylation is 2. The number of anilines is 1. The fraction of sp³-hybridized carbons (Fsp3) is 0.385. The Morgan fingerprint density at radius 2 is 2.35 bits per heavy atom. The van der Waals surface area contributed by atoms with E-state index in [-0.39, 0.29) is 6.54 Å². The number of aromatic nitrogens is 1. The van der Waals surface area contributed by atoms with Gasteiger partial charge in [0.2, 0.25) is 0 Å². The van der Waals surface area contributed by atoms with Crippen molar-refractivity contribution in [2.45, 2.75) is 26.4 Å². The zero-order valence-electron chi connectivity index (χ0n) is 11.3. The van der Waals surface area contributed by atoms with Crippen LogP contribution in [0.15, 0.2) is 27.3 Å². The molecule has 0 radical (unpaired) electrons. The van der Waals surface area contributed by atoms with E-state index in [1.807, 2.05) is 6.92 Å². The first kappa shape index (κ1) is 14.1. The quantitative estimate of drug-likeness (QED) is 0.777. The third kappa shape index (κ3) is 3.18. The molecule has 1 unspecified atom stereocenters. The summed E-state index contributed by atoms with van der Waals surface area (Å²) in [5.41, 5.74) is 1.18. The van der Waals surface area contributed by atoms with E-state index in [9.17, 15) is 9.90 Å². The van der Waals surface area contributed by atoms with Crippen molar-refractivity contribution < 1.29 is 18.8 Å². The smallest absolute Gasteiger partial charge is 0.319 e. The molecule has 108 valence electrons. The molecule has 2 aromatic heterocycles. The summed E-state index contributed by atoms with van der Waals surface area (Å²) >= 11 is 0. The lowest BCUT2D eigenvalue weighted by Gasteiger charge is -2.10. The van der Waals surface area contributed by atoms with Crippen LogP contribution < -0.4 is 10.6 Å². The molecule has 2 rings (SSSR count). The molecular weight excluding hydrogens is 262 g/mol. The van der Waals surface area contributed by atoms with Gasteiger partial charge in [0.05, 0.1) is 12.8 Å². The number of rotatable bonds is 5. The van der Waals surface area contributed by atoms with Crippen molar-refractivity contribution in [2.75, 3.05) is 11.9 Å². The minimum atomic E-state index is -0.884. The summed E-state index contributed by atoms with van der Waals surface area (Å²) in [4.78, 5) is 11.8. The first-order chi connectivity index (χ1) is 9.61. The number of amides is 2. The Morgan fingerprint density at radius 3 is 3.00 bits per heavy atom. The molecule has 1 atom stereocenters. The standard InChI is InChI=1S/C13H17N3O4/c1-3-10-12(8(2)16-20-10)15-13(18)14-7-9(17)11-5-4-6-19-11/h4-6,9,17H,3,7H2,1-2H3,(H2,14,15,18). The number of furan rings is 1. The van der Waals surface area contributed by atoms with Gasteiger partial charge in [-0.3, -0.25) is 0 Å². The van der Waals surface area contributed by atoms with Crippen LogP contribution in [0.4, 0.5) is 10.5 Å². The molecule has 0 saturated carbocycles. The molecule has 7 heteroatoms. The maximum absolute atomic E-state index is 11.8. The summed E-state index contributed by atoms with van der Waals surface area (Å²) in [6.45, 7) is 3.70.